The summed E-state index contributed by atoms with van der Waals surface area (Å²) in [4.78, 5) is 0. The van der Waals surface area contributed by atoms with Gasteiger partial charge < -0.3 is 0 Å². The van der Waals surface area contributed by atoms with Crippen molar-refractivity contribution >= 4 is 15.9 Å². The van der Waals surface area contributed by atoms with Crippen LogP contribution in [0.5, 0.6) is 0 Å². The molecule has 1 atom stereocenters. The van der Waals surface area contributed by atoms with E-state index in [9.17, 15) is 0 Å². The molecule has 0 saturated heterocycles. The van der Waals surface area contributed by atoms with Crippen molar-refractivity contribution in [3.05, 3.63) is 18.0 Å². The Labute approximate surface area is 94.8 Å². The van der Waals surface area contributed by atoms with E-state index in [4.69, 9.17) is 0 Å². The Kier molecular flexibility index (Phi) is 4.17. The molecule has 0 N–H and O–H groups in total. The lowest BCUT2D eigenvalue weighted by Gasteiger charge is -2.25. The summed E-state index contributed by atoms with van der Waals surface area (Å²) < 4.78 is 1.87. The highest BCUT2D eigenvalue weighted by Gasteiger charge is 2.20. The van der Waals surface area contributed by atoms with Crippen molar-refractivity contribution in [2.24, 2.45) is 12.5 Å². The second kappa shape index (κ2) is 4.96. The molecule has 14 heavy (non-hydrogen) atoms. The molecule has 3 heteroatoms. The molecule has 1 unspecified atom stereocenters. The van der Waals surface area contributed by atoms with Crippen LogP contribution in [0.15, 0.2) is 12.4 Å². The lowest BCUT2D eigenvalue weighted by Crippen LogP contribution is -2.17. The Morgan fingerprint density at radius 2 is 2.29 bits per heavy atom. The summed E-state index contributed by atoms with van der Waals surface area (Å²) in [7, 11) is 1.97. The molecule has 0 aliphatic rings. The molecule has 80 valence electrons. The number of hydrogen-bond donors (Lipinski definition) is 0. The summed E-state index contributed by atoms with van der Waals surface area (Å²) in [6.07, 6.45) is 7.64. The molecule has 0 bridgehead atoms. The smallest absolute Gasteiger partial charge is 0.0521 e. The van der Waals surface area contributed by atoms with Crippen LogP contribution in [-0.4, -0.2) is 15.1 Å². The van der Waals surface area contributed by atoms with Crippen LogP contribution in [0.1, 0.15) is 32.3 Å². The minimum Gasteiger partial charge on any atom is -0.276 e. The predicted molar refractivity (Wildman–Crippen MR) is 63.7 cm³/mol. The Morgan fingerprint density at radius 1 is 1.57 bits per heavy atom. The molecule has 1 heterocycles. The molecule has 1 aromatic rings. The summed E-state index contributed by atoms with van der Waals surface area (Å²) in [5.41, 5.74) is 1.77. The third-order valence-electron chi connectivity index (χ3n) is 2.95. The predicted octanol–water partition coefficient (Wildman–Crippen LogP) is 3.16. The number of aromatic nitrogens is 2. The minimum absolute atomic E-state index is 0.426. The van der Waals surface area contributed by atoms with Gasteiger partial charge in [-0.1, -0.05) is 29.8 Å². The van der Waals surface area contributed by atoms with Crippen LogP contribution in [0.3, 0.4) is 0 Å². The van der Waals surface area contributed by atoms with Gasteiger partial charge in [0, 0.05) is 18.6 Å². The van der Waals surface area contributed by atoms with Gasteiger partial charge in [-0.3, -0.25) is 4.68 Å². The van der Waals surface area contributed by atoms with Crippen molar-refractivity contribution in [3.8, 4) is 0 Å². The summed E-state index contributed by atoms with van der Waals surface area (Å²) in [6.45, 7) is 4.59. The SMILES string of the molecule is CCC(C)(CBr)CCc1cnn(C)c1. The van der Waals surface area contributed by atoms with Gasteiger partial charge in [0.15, 0.2) is 0 Å². The summed E-state index contributed by atoms with van der Waals surface area (Å²) in [5.74, 6) is 0. The molecule has 0 aliphatic carbocycles. The molecule has 0 aromatic carbocycles. The third kappa shape index (κ3) is 3.12. The Bertz CT molecular complexity index is 277. The Morgan fingerprint density at radius 3 is 2.71 bits per heavy atom. The van der Waals surface area contributed by atoms with Gasteiger partial charge in [-0.25, -0.2) is 0 Å². The molecule has 0 radical (unpaired) electrons. The average molecular weight is 259 g/mol. The topological polar surface area (TPSA) is 17.8 Å². The zero-order valence-electron chi connectivity index (χ0n) is 9.26. The van der Waals surface area contributed by atoms with E-state index in [1.807, 2.05) is 17.9 Å². The second-order valence-electron chi connectivity index (χ2n) is 4.32. The molecule has 2 nitrogen and oxygen atoms in total. The minimum atomic E-state index is 0.426. The van der Waals surface area contributed by atoms with Gasteiger partial charge in [0.25, 0.3) is 0 Å². The molecule has 0 saturated carbocycles. The number of halogens is 1. The van der Waals surface area contributed by atoms with E-state index in [-0.39, 0.29) is 0 Å². The van der Waals surface area contributed by atoms with Gasteiger partial charge in [0.2, 0.25) is 0 Å². The summed E-state index contributed by atoms with van der Waals surface area (Å²) in [6, 6.07) is 0. The average Bonchev–Trinajstić information content (AvgIpc) is 2.61. The van der Waals surface area contributed by atoms with Crippen molar-refractivity contribution in [1.29, 1.82) is 0 Å². The number of rotatable bonds is 5. The van der Waals surface area contributed by atoms with Crippen molar-refractivity contribution in [2.75, 3.05) is 5.33 Å². The first-order valence-electron chi connectivity index (χ1n) is 5.13. The van der Waals surface area contributed by atoms with Crippen molar-refractivity contribution in [3.63, 3.8) is 0 Å². The zero-order valence-corrected chi connectivity index (χ0v) is 10.8. The fourth-order valence-corrected chi connectivity index (χ4v) is 2.06. The van der Waals surface area contributed by atoms with E-state index in [1.165, 1.54) is 18.4 Å². The number of hydrogen-bond acceptors (Lipinski definition) is 1. The van der Waals surface area contributed by atoms with Gasteiger partial charge in [-0.2, -0.15) is 5.10 Å². The highest BCUT2D eigenvalue weighted by Crippen LogP contribution is 2.29. The van der Waals surface area contributed by atoms with Gasteiger partial charge >= 0.3 is 0 Å². The lowest BCUT2D eigenvalue weighted by atomic mass is 9.84. The number of nitrogens with zero attached hydrogens (tertiary/aromatic N) is 2. The van der Waals surface area contributed by atoms with Crippen LogP contribution in [0, 0.1) is 5.41 Å². The van der Waals surface area contributed by atoms with Crippen LogP contribution in [0.25, 0.3) is 0 Å². The van der Waals surface area contributed by atoms with Crippen LogP contribution in [0.4, 0.5) is 0 Å². The zero-order chi connectivity index (χ0) is 10.6. The fourth-order valence-electron chi connectivity index (χ4n) is 1.39. The fraction of sp³-hybridized carbons (Fsp3) is 0.727. The molecule has 0 spiro atoms. The molecule has 0 amide bonds. The van der Waals surface area contributed by atoms with E-state index in [2.05, 4.69) is 41.1 Å². The quantitative estimate of drug-likeness (QED) is 0.743. The number of alkyl halides is 1. The van der Waals surface area contributed by atoms with Gasteiger partial charge in [-0.05, 0) is 30.2 Å². The molecule has 1 rings (SSSR count). The lowest BCUT2D eigenvalue weighted by molar-refractivity contribution is 0.334. The van der Waals surface area contributed by atoms with Crippen molar-refractivity contribution < 1.29 is 0 Å². The monoisotopic (exact) mass is 258 g/mol. The Hall–Kier alpha value is -0.310. The summed E-state index contributed by atoms with van der Waals surface area (Å²) >= 11 is 3.59. The maximum Gasteiger partial charge on any atom is 0.0521 e. The maximum absolute atomic E-state index is 4.17. The van der Waals surface area contributed by atoms with E-state index in [0.717, 1.165) is 11.8 Å². The maximum atomic E-state index is 4.17. The Balaban J connectivity index is 2.47. The first-order chi connectivity index (χ1) is 6.59. The molecule has 0 aliphatic heterocycles. The van der Waals surface area contributed by atoms with Crippen LogP contribution < -0.4 is 0 Å². The van der Waals surface area contributed by atoms with Crippen LogP contribution in [0.2, 0.25) is 0 Å². The van der Waals surface area contributed by atoms with Crippen molar-refractivity contribution in [2.45, 2.75) is 33.1 Å². The van der Waals surface area contributed by atoms with E-state index >= 15 is 0 Å². The number of aryl methyl sites for hydroxylation is 2. The van der Waals surface area contributed by atoms with Gasteiger partial charge in [0.1, 0.15) is 0 Å². The highest BCUT2D eigenvalue weighted by atomic mass is 79.9. The second-order valence-corrected chi connectivity index (χ2v) is 4.88. The standard InChI is InChI=1S/C11H19BrN2/c1-4-11(2,9-12)6-5-10-7-13-14(3)8-10/h7-8H,4-6,9H2,1-3H3. The first kappa shape index (κ1) is 11.8. The van der Waals surface area contributed by atoms with Gasteiger partial charge in [0.05, 0.1) is 6.20 Å². The van der Waals surface area contributed by atoms with Gasteiger partial charge in [-0.15, -0.1) is 0 Å². The highest BCUT2D eigenvalue weighted by molar-refractivity contribution is 9.09. The largest absolute Gasteiger partial charge is 0.276 e. The summed E-state index contributed by atoms with van der Waals surface area (Å²) in [5, 5.41) is 5.25. The molecule has 1 aromatic heterocycles. The molecular weight excluding hydrogens is 240 g/mol. The third-order valence-corrected chi connectivity index (χ3v) is 4.31. The van der Waals surface area contributed by atoms with E-state index in [1.54, 1.807) is 0 Å². The van der Waals surface area contributed by atoms with Crippen LogP contribution in [-0.2, 0) is 13.5 Å². The molecule has 0 fully saturated rings. The first-order valence-corrected chi connectivity index (χ1v) is 6.25. The van der Waals surface area contributed by atoms with E-state index in [0.29, 0.717) is 5.41 Å². The van der Waals surface area contributed by atoms with E-state index < -0.39 is 0 Å². The molecular formula is C11H19BrN2. The normalized spacial score (nSPS) is 15.4. The van der Waals surface area contributed by atoms with Crippen molar-refractivity contribution in [1.82, 2.24) is 9.78 Å². The van der Waals surface area contributed by atoms with Crippen LogP contribution >= 0.6 is 15.9 Å².